The van der Waals surface area contributed by atoms with Gasteiger partial charge in [0.15, 0.2) is 16.6 Å². The second kappa shape index (κ2) is 5.45. The van der Waals surface area contributed by atoms with Crippen molar-refractivity contribution in [3.8, 4) is 0 Å². The van der Waals surface area contributed by atoms with Crippen LogP contribution in [0.15, 0.2) is 57.8 Å². The summed E-state index contributed by atoms with van der Waals surface area (Å²) in [5.41, 5.74) is 8.23. The third-order valence-electron chi connectivity index (χ3n) is 3.07. The molecule has 0 aliphatic heterocycles. The summed E-state index contributed by atoms with van der Waals surface area (Å²) in [5.74, 6) is 0.0787. The molecular weight excluding hydrogens is 286 g/mol. The molecule has 0 radical (unpaired) electrons. The Kier molecular flexibility index (Phi) is 3.49. The fourth-order valence-corrected chi connectivity index (χ4v) is 3.05. The number of nitrogens with two attached hydrogens (primary N) is 1. The zero-order valence-electron chi connectivity index (χ0n) is 11.3. The summed E-state index contributed by atoms with van der Waals surface area (Å²) in [6.45, 7) is 1.97. The van der Waals surface area contributed by atoms with Crippen molar-refractivity contribution in [1.82, 2.24) is 14.6 Å². The van der Waals surface area contributed by atoms with Gasteiger partial charge in [0.05, 0.1) is 0 Å². The number of benzene rings is 1. The van der Waals surface area contributed by atoms with Gasteiger partial charge in [0.2, 0.25) is 0 Å². The van der Waals surface area contributed by atoms with Gasteiger partial charge in [-0.3, -0.25) is 4.40 Å². The van der Waals surface area contributed by atoms with Crippen molar-refractivity contribution in [3.05, 3.63) is 53.7 Å². The SMILES string of the molecule is Cc1cccc(/C(N)=N/O)c1Sc1nnc2ccccn12. The molecule has 0 amide bonds. The van der Waals surface area contributed by atoms with Gasteiger partial charge in [0.1, 0.15) is 0 Å². The lowest BCUT2D eigenvalue weighted by atomic mass is 10.1. The number of hydrogen-bond acceptors (Lipinski definition) is 5. The van der Waals surface area contributed by atoms with Crippen LogP contribution >= 0.6 is 11.8 Å². The Balaban J connectivity index is 2.10. The summed E-state index contributed by atoms with van der Waals surface area (Å²) in [7, 11) is 0. The van der Waals surface area contributed by atoms with Crippen LogP contribution in [0.3, 0.4) is 0 Å². The monoisotopic (exact) mass is 299 g/mol. The smallest absolute Gasteiger partial charge is 0.200 e. The highest BCUT2D eigenvalue weighted by Gasteiger charge is 2.14. The van der Waals surface area contributed by atoms with Crippen LogP contribution in [-0.2, 0) is 0 Å². The fourth-order valence-electron chi connectivity index (χ4n) is 2.02. The van der Waals surface area contributed by atoms with E-state index in [9.17, 15) is 0 Å². The highest BCUT2D eigenvalue weighted by molar-refractivity contribution is 7.99. The first-order chi connectivity index (χ1) is 10.2. The van der Waals surface area contributed by atoms with Crippen LogP contribution < -0.4 is 5.73 Å². The largest absolute Gasteiger partial charge is 0.409 e. The first kappa shape index (κ1) is 13.4. The van der Waals surface area contributed by atoms with Gasteiger partial charge >= 0.3 is 0 Å². The molecule has 7 heteroatoms. The van der Waals surface area contributed by atoms with Crippen LogP contribution in [0.5, 0.6) is 0 Å². The molecule has 3 aromatic rings. The molecule has 0 aliphatic rings. The molecule has 6 nitrogen and oxygen atoms in total. The Morgan fingerprint density at radius 3 is 2.90 bits per heavy atom. The zero-order valence-corrected chi connectivity index (χ0v) is 12.1. The molecule has 3 rings (SSSR count). The van der Waals surface area contributed by atoms with E-state index in [-0.39, 0.29) is 5.84 Å². The van der Waals surface area contributed by atoms with Crippen LogP contribution in [0.1, 0.15) is 11.1 Å². The molecule has 0 bridgehead atoms. The minimum Gasteiger partial charge on any atom is -0.409 e. The van der Waals surface area contributed by atoms with E-state index in [2.05, 4.69) is 15.4 Å². The molecule has 2 heterocycles. The van der Waals surface area contributed by atoms with E-state index in [4.69, 9.17) is 10.9 Å². The van der Waals surface area contributed by atoms with Crippen LogP contribution in [0.4, 0.5) is 0 Å². The van der Waals surface area contributed by atoms with E-state index in [0.717, 1.165) is 21.3 Å². The first-order valence-corrected chi connectivity index (χ1v) is 7.07. The minimum atomic E-state index is 0.0787. The molecular formula is C14H13N5OS. The predicted octanol–water partition coefficient (Wildman–Crippen LogP) is 2.28. The topological polar surface area (TPSA) is 88.8 Å². The van der Waals surface area contributed by atoms with Gasteiger partial charge < -0.3 is 10.9 Å². The quantitative estimate of drug-likeness (QED) is 0.335. The maximum Gasteiger partial charge on any atom is 0.200 e. The van der Waals surface area contributed by atoms with Crippen molar-refractivity contribution in [2.45, 2.75) is 17.0 Å². The predicted molar refractivity (Wildman–Crippen MR) is 80.8 cm³/mol. The summed E-state index contributed by atoms with van der Waals surface area (Å²) >= 11 is 1.44. The molecule has 106 valence electrons. The van der Waals surface area contributed by atoms with Gasteiger partial charge in [-0.15, -0.1) is 10.2 Å². The number of oxime groups is 1. The summed E-state index contributed by atoms with van der Waals surface area (Å²) < 4.78 is 1.90. The second-order valence-corrected chi connectivity index (χ2v) is 5.43. The molecule has 0 spiro atoms. The summed E-state index contributed by atoms with van der Waals surface area (Å²) in [5, 5.41) is 21.1. The normalized spacial score (nSPS) is 12.0. The van der Waals surface area contributed by atoms with Crippen molar-refractivity contribution in [3.63, 3.8) is 0 Å². The van der Waals surface area contributed by atoms with Gasteiger partial charge in [-0.2, -0.15) is 0 Å². The molecule has 0 saturated carbocycles. The van der Waals surface area contributed by atoms with E-state index >= 15 is 0 Å². The average molecular weight is 299 g/mol. The van der Waals surface area contributed by atoms with Gasteiger partial charge in [-0.1, -0.05) is 23.4 Å². The van der Waals surface area contributed by atoms with Crippen LogP contribution in [0.2, 0.25) is 0 Å². The van der Waals surface area contributed by atoms with E-state index in [1.807, 2.05) is 53.9 Å². The minimum absolute atomic E-state index is 0.0787. The lowest BCUT2D eigenvalue weighted by molar-refractivity contribution is 0.318. The van der Waals surface area contributed by atoms with Gasteiger partial charge in [-0.25, -0.2) is 0 Å². The van der Waals surface area contributed by atoms with Crippen LogP contribution in [0, 0.1) is 6.92 Å². The molecule has 0 fully saturated rings. The number of rotatable bonds is 3. The molecule has 0 aliphatic carbocycles. The maximum absolute atomic E-state index is 8.92. The molecule has 2 aromatic heterocycles. The van der Waals surface area contributed by atoms with Gasteiger partial charge in [-0.05, 0) is 42.4 Å². The molecule has 0 unspecified atom stereocenters. The summed E-state index contributed by atoms with van der Waals surface area (Å²) in [6, 6.07) is 11.4. The van der Waals surface area contributed by atoms with Gasteiger partial charge in [0.25, 0.3) is 0 Å². The number of aryl methyl sites for hydroxylation is 1. The van der Waals surface area contributed by atoms with Crippen LogP contribution in [-0.4, -0.2) is 25.6 Å². The lowest BCUT2D eigenvalue weighted by Crippen LogP contribution is -2.14. The Bertz CT molecular complexity index is 827. The van der Waals surface area contributed by atoms with E-state index in [1.54, 1.807) is 0 Å². The summed E-state index contributed by atoms with van der Waals surface area (Å²) in [4.78, 5) is 0.894. The molecule has 0 atom stereocenters. The molecule has 1 aromatic carbocycles. The zero-order chi connectivity index (χ0) is 14.8. The number of pyridine rings is 1. The van der Waals surface area contributed by atoms with Crippen molar-refractivity contribution in [2.75, 3.05) is 0 Å². The van der Waals surface area contributed by atoms with E-state index in [0.29, 0.717) is 5.56 Å². The van der Waals surface area contributed by atoms with Crippen molar-refractivity contribution in [2.24, 2.45) is 10.9 Å². The molecule has 3 N–H and O–H groups in total. The van der Waals surface area contributed by atoms with Crippen molar-refractivity contribution < 1.29 is 5.21 Å². The fraction of sp³-hybridized carbons (Fsp3) is 0.0714. The average Bonchev–Trinajstić information content (AvgIpc) is 2.92. The van der Waals surface area contributed by atoms with E-state index in [1.165, 1.54) is 11.8 Å². The van der Waals surface area contributed by atoms with Crippen molar-refractivity contribution >= 4 is 23.2 Å². The highest BCUT2D eigenvalue weighted by atomic mass is 32.2. The number of hydrogen-bond donors (Lipinski definition) is 2. The number of aromatic nitrogens is 3. The van der Waals surface area contributed by atoms with E-state index < -0.39 is 0 Å². The third kappa shape index (κ3) is 2.43. The number of nitrogens with zero attached hydrogens (tertiary/aromatic N) is 4. The third-order valence-corrected chi connectivity index (χ3v) is 4.28. The first-order valence-electron chi connectivity index (χ1n) is 6.26. The highest BCUT2D eigenvalue weighted by Crippen LogP contribution is 2.32. The Morgan fingerprint density at radius 2 is 2.10 bits per heavy atom. The molecule has 21 heavy (non-hydrogen) atoms. The van der Waals surface area contributed by atoms with Gasteiger partial charge in [0, 0.05) is 16.7 Å². The Hall–Kier alpha value is -2.54. The maximum atomic E-state index is 8.92. The van der Waals surface area contributed by atoms with Crippen molar-refractivity contribution in [1.29, 1.82) is 0 Å². The second-order valence-electron chi connectivity index (χ2n) is 4.45. The lowest BCUT2D eigenvalue weighted by Gasteiger charge is -2.09. The number of amidine groups is 1. The van der Waals surface area contributed by atoms with Crippen LogP contribution in [0.25, 0.3) is 5.65 Å². The summed E-state index contributed by atoms with van der Waals surface area (Å²) in [6.07, 6.45) is 1.90. The standard InChI is InChI=1S/C14H13N5OS/c1-9-5-4-6-10(13(15)18-20)12(9)21-14-17-16-11-7-2-3-8-19(11)14/h2-8,20H,1H3,(H2,15,18). The Labute approximate surface area is 125 Å². The molecule has 0 saturated heterocycles. The Morgan fingerprint density at radius 1 is 1.24 bits per heavy atom. The number of fused-ring (bicyclic) bond motifs is 1.